The Hall–Kier alpha value is -1.40. The molecule has 0 bridgehead atoms. The van der Waals surface area contributed by atoms with Crippen LogP contribution in [0.5, 0.6) is 5.75 Å². The molecule has 0 radical (unpaired) electrons. The van der Waals surface area contributed by atoms with E-state index in [1.54, 1.807) is 0 Å². The summed E-state index contributed by atoms with van der Waals surface area (Å²) in [6.45, 7) is 9.12. The summed E-state index contributed by atoms with van der Waals surface area (Å²) in [7, 11) is 0. The van der Waals surface area contributed by atoms with Gasteiger partial charge in [0.05, 0.1) is 46.2 Å². The van der Waals surface area contributed by atoms with Crippen LogP contribution in [0.15, 0.2) is 24.8 Å². The van der Waals surface area contributed by atoms with E-state index >= 15 is 0 Å². The van der Waals surface area contributed by atoms with Crippen LogP contribution in [0.25, 0.3) is 6.08 Å². The number of hydrogen-bond acceptors (Lipinski definition) is 5. The van der Waals surface area contributed by atoms with Gasteiger partial charge in [-0.15, -0.1) is 0 Å². The van der Waals surface area contributed by atoms with Crippen LogP contribution in [0, 0.1) is 0 Å². The topological polar surface area (TPSA) is 46.2 Å². The van der Waals surface area contributed by atoms with Gasteiger partial charge >= 0.3 is 0 Å². The zero-order valence-electron chi connectivity index (χ0n) is 14.3. The van der Waals surface area contributed by atoms with E-state index in [1.807, 2.05) is 18.2 Å². The second kappa shape index (κ2) is 12.0. The van der Waals surface area contributed by atoms with Gasteiger partial charge in [-0.25, -0.2) is 0 Å². The van der Waals surface area contributed by atoms with Crippen molar-refractivity contribution < 1.29 is 23.7 Å². The number of ether oxygens (including phenoxy) is 5. The average Bonchev–Trinajstić information content (AvgIpc) is 2.61. The van der Waals surface area contributed by atoms with Gasteiger partial charge in [0.1, 0.15) is 12.4 Å². The molecule has 0 fully saturated rings. The number of benzene rings is 1. The molecule has 0 atom stereocenters. The van der Waals surface area contributed by atoms with Crippen LogP contribution in [0.4, 0.5) is 0 Å². The monoisotopic (exact) mass is 336 g/mol. The molecule has 1 heterocycles. The van der Waals surface area contributed by atoms with Gasteiger partial charge in [0.2, 0.25) is 0 Å². The van der Waals surface area contributed by atoms with E-state index < -0.39 is 0 Å². The molecule has 0 saturated heterocycles. The third-order valence-corrected chi connectivity index (χ3v) is 3.66. The molecule has 2 rings (SSSR count). The van der Waals surface area contributed by atoms with Crippen molar-refractivity contribution in [2.24, 2.45) is 0 Å². The molecule has 1 aliphatic heterocycles. The lowest BCUT2D eigenvalue weighted by atomic mass is 10.1. The van der Waals surface area contributed by atoms with Crippen LogP contribution in [-0.4, -0.2) is 59.5 Å². The second-order valence-electron chi connectivity index (χ2n) is 5.47. The summed E-state index contributed by atoms with van der Waals surface area (Å²) >= 11 is 0. The van der Waals surface area contributed by atoms with Gasteiger partial charge in [-0.3, -0.25) is 0 Å². The van der Waals surface area contributed by atoms with Gasteiger partial charge in [0.25, 0.3) is 0 Å². The summed E-state index contributed by atoms with van der Waals surface area (Å²) in [6, 6.07) is 6.14. The maximum atomic E-state index is 5.87. The smallest absolute Gasteiger partial charge is 0.122 e. The average molecular weight is 336 g/mol. The Bertz CT molecular complexity index is 475. The van der Waals surface area contributed by atoms with Gasteiger partial charge in [-0.05, 0) is 36.1 Å². The maximum Gasteiger partial charge on any atom is 0.122 e. The molecule has 0 aromatic heterocycles. The van der Waals surface area contributed by atoms with Crippen molar-refractivity contribution in [3.63, 3.8) is 0 Å². The van der Waals surface area contributed by atoms with Gasteiger partial charge in [-0.1, -0.05) is 18.7 Å². The highest BCUT2D eigenvalue weighted by molar-refractivity contribution is 5.51. The molecule has 134 valence electrons. The lowest BCUT2D eigenvalue weighted by Crippen LogP contribution is -2.14. The van der Waals surface area contributed by atoms with Crippen molar-refractivity contribution >= 4 is 6.08 Å². The molecular weight excluding hydrogens is 308 g/mol. The van der Waals surface area contributed by atoms with Crippen LogP contribution in [-0.2, 0) is 25.4 Å². The van der Waals surface area contributed by atoms with Crippen LogP contribution in [0.2, 0.25) is 0 Å². The highest BCUT2D eigenvalue weighted by Gasteiger charge is 2.05. The highest BCUT2D eigenvalue weighted by atomic mass is 16.6. The molecule has 1 aliphatic rings. The first-order valence-corrected chi connectivity index (χ1v) is 8.59. The fraction of sp³-hybridized carbons (Fsp3) is 0.579. The number of aryl methyl sites for hydroxylation is 1. The van der Waals surface area contributed by atoms with E-state index in [-0.39, 0.29) is 0 Å². The molecule has 1 aromatic carbocycles. The standard InChI is InChI=1S/C19H28O5/c1-2-17-5-6-19-18(16-17)4-3-7-20-8-9-21-10-11-22-12-13-23-14-15-24-19/h2,5-6,16H,1,3-4,7-15H2. The first-order chi connectivity index (χ1) is 11.9. The predicted molar refractivity (Wildman–Crippen MR) is 93.6 cm³/mol. The first-order valence-electron chi connectivity index (χ1n) is 8.59. The van der Waals surface area contributed by atoms with E-state index in [0.29, 0.717) is 59.5 Å². The van der Waals surface area contributed by atoms with Crippen molar-refractivity contribution in [1.82, 2.24) is 0 Å². The molecule has 0 N–H and O–H groups in total. The maximum absolute atomic E-state index is 5.87. The summed E-state index contributed by atoms with van der Waals surface area (Å²) in [4.78, 5) is 0. The Morgan fingerprint density at radius 1 is 0.750 bits per heavy atom. The van der Waals surface area contributed by atoms with E-state index in [2.05, 4.69) is 12.6 Å². The quantitative estimate of drug-likeness (QED) is 0.789. The van der Waals surface area contributed by atoms with Gasteiger partial charge in [0.15, 0.2) is 0 Å². The molecule has 5 nitrogen and oxygen atoms in total. The Labute approximate surface area is 144 Å². The third kappa shape index (κ3) is 7.45. The predicted octanol–water partition coefficient (Wildman–Crippen LogP) is 2.72. The minimum atomic E-state index is 0.528. The molecule has 5 heteroatoms. The summed E-state index contributed by atoms with van der Waals surface area (Å²) in [5, 5.41) is 0. The number of rotatable bonds is 1. The Morgan fingerprint density at radius 3 is 1.96 bits per heavy atom. The third-order valence-electron chi connectivity index (χ3n) is 3.66. The Kier molecular flexibility index (Phi) is 9.49. The van der Waals surface area contributed by atoms with E-state index in [0.717, 1.165) is 24.2 Å². The van der Waals surface area contributed by atoms with Crippen molar-refractivity contribution in [1.29, 1.82) is 0 Å². The minimum absolute atomic E-state index is 0.528. The van der Waals surface area contributed by atoms with E-state index in [9.17, 15) is 0 Å². The first kappa shape index (κ1) is 18.9. The molecule has 24 heavy (non-hydrogen) atoms. The normalized spacial score (nSPS) is 19.3. The van der Waals surface area contributed by atoms with Crippen molar-refractivity contribution in [3.8, 4) is 5.75 Å². The summed E-state index contributed by atoms with van der Waals surface area (Å²) in [6.07, 6.45) is 3.70. The van der Waals surface area contributed by atoms with Gasteiger partial charge < -0.3 is 23.7 Å². The Morgan fingerprint density at radius 2 is 1.33 bits per heavy atom. The zero-order valence-corrected chi connectivity index (χ0v) is 14.3. The van der Waals surface area contributed by atoms with Crippen molar-refractivity contribution in [2.75, 3.05) is 59.5 Å². The zero-order chi connectivity index (χ0) is 16.9. The van der Waals surface area contributed by atoms with Crippen LogP contribution in [0.3, 0.4) is 0 Å². The number of hydrogen-bond donors (Lipinski definition) is 0. The lowest BCUT2D eigenvalue weighted by Gasteiger charge is -2.13. The molecule has 0 amide bonds. The molecule has 0 spiro atoms. The van der Waals surface area contributed by atoms with Gasteiger partial charge in [-0.2, -0.15) is 0 Å². The molecule has 1 aromatic rings. The van der Waals surface area contributed by atoms with Crippen LogP contribution in [0.1, 0.15) is 17.5 Å². The summed E-state index contributed by atoms with van der Waals surface area (Å²) in [5.41, 5.74) is 2.28. The van der Waals surface area contributed by atoms with Crippen molar-refractivity contribution in [3.05, 3.63) is 35.9 Å². The van der Waals surface area contributed by atoms with Gasteiger partial charge in [0, 0.05) is 6.61 Å². The second-order valence-corrected chi connectivity index (χ2v) is 5.47. The Balaban J connectivity index is 1.89. The highest BCUT2D eigenvalue weighted by Crippen LogP contribution is 2.22. The molecule has 0 aliphatic carbocycles. The number of fused-ring (bicyclic) bond motifs is 1. The van der Waals surface area contributed by atoms with Crippen LogP contribution < -0.4 is 4.74 Å². The lowest BCUT2D eigenvalue weighted by molar-refractivity contribution is -0.00520. The fourth-order valence-corrected chi connectivity index (χ4v) is 2.40. The van der Waals surface area contributed by atoms with E-state index in [1.165, 1.54) is 5.56 Å². The minimum Gasteiger partial charge on any atom is -0.491 e. The molecule has 0 saturated carbocycles. The summed E-state index contributed by atoms with van der Waals surface area (Å²) < 4.78 is 27.9. The van der Waals surface area contributed by atoms with E-state index in [4.69, 9.17) is 23.7 Å². The molecular formula is C19H28O5. The SMILES string of the molecule is C=Cc1ccc2c(c1)CCCOCCOCCOCCOCCO2. The summed E-state index contributed by atoms with van der Waals surface area (Å²) in [5.74, 6) is 0.907. The fourth-order valence-electron chi connectivity index (χ4n) is 2.40. The van der Waals surface area contributed by atoms with Crippen molar-refractivity contribution in [2.45, 2.75) is 12.8 Å². The largest absolute Gasteiger partial charge is 0.491 e. The molecule has 0 unspecified atom stereocenters. The van der Waals surface area contributed by atoms with Crippen LogP contribution >= 0.6 is 0 Å².